The minimum absolute atomic E-state index is 0.0606. The van der Waals surface area contributed by atoms with Gasteiger partial charge in [0.05, 0.1) is 11.2 Å². The Labute approximate surface area is 128 Å². The molecule has 6 heteroatoms. The minimum atomic E-state index is -0.0606. The highest BCUT2D eigenvalue weighted by molar-refractivity contribution is 7.11. The summed E-state index contributed by atoms with van der Waals surface area (Å²) in [5.74, 6) is 0.947. The summed E-state index contributed by atoms with van der Waals surface area (Å²) >= 11 is 1.37. The maximum Gasteiger partial charge on any atom is 0.263 e. The summed E-state index contributed by atoms with van der Waals surface area (Å²) in [7, 11) is 0. The van der Waals surface area contributed by atoms with Crippen LogP contribution in [0.1, 0.15) is 33.8 Å². The highest BCUT2D eigenvalue weighted by Gasteiger charge is 2.14. The Balaban J connectivity index is 1.64. The number of nitrogens with zero attached hydrogens (tertiary/aromatic N) is 3. The number of carbonyl (C=O) groups is 1. The third-order valence-electron chi connectivity index (χ3n) is 3.64. The monoisotopic (exact) mass is 302 g/mol. The van der Waals surface area contributed by atoms with Gasteiger partial charge >= 0.3 is 0 Å². The van der Waals surface area contributed by atoms with Crippen molar-refractivity contribution in [3.8, 4) is 0 Å². The summed E-state index contributed by atoms with van der Waals surface area (Å²) in [5, 5.41) is 2.95. The van der Waals surface area contributed by atoms with Gasteiger partial charge < -0.3 is 10.2 Å². The minimum Gasteiger partial charge on any atom is -0.357 e. The number of carbonyl (C=O) groups excluding carboxylic acids is 1. The number of rotatable bonds is 4. The van der Waals surface area contributed by atoms with Crippen molar-refractivity contribution >= 4 is 23.1 Å². The van der Waals surface area contributed by atoms with Gasteiger partial charge in [0.15, 0.2) is 0 Å². The molecule has 0 saturated carbocycles. The molecular weight excluding hydrogens is 284 g/mol. The van der Waals surface area contributed by atoms with Crippen LogP contribution in [0.5, 0.6) is 0 Å². The van der Waals surface area contributed by atoms with E-state index in [4.69, 9.17) is 0 Å². The molecule has 2 aromatic rings. The van der Waals surface area contributed by atoms with Crippen LogP contribution in [0, 0.1) is 6.92 Å². The van der Waals surface area contributed by atoms with Crippen LogP contribution in [0.2, 0.25) is 0 Å². The number of nitrogens with one attached hydrogen (secondary N) is 1. The van der Waals surface area contributed by atoms with E-state index in [1.165, 1.54) is 24.2 Å². The van der Waals surface area contributed by atoms with E-state index < -0.39 is 0 Å². The van der Waals surface area contributed by atoms with Gasteiger partial charge in [-0.05, 0) is 37.5 Å². The zero-order valence-electron chi connectivity index (χ0n) is 12.0. The van der Waals surface area contributed by atoms with Crippen molar-refractivity contribution in [2.24, 2.45) is 0 Å². The SMILES string of the molecule is Cc1ncsc1C(=O)NCc1ccnc(N2CCCC2)c1. The first-order valence-electron chi connectivity index (χ1n) is 7.12. The number of thiazole rings is 1. The number of aromatic nitrogens is 2. The second-order valence-corrected chi connectivity index (χ2v) is 6.02. The molecule has 110 valence electrons. The zero-order chi connectivity index (χ0) is 14.7. The lowest BCUT2D eigenvalue weighted by molar-refractivity contribution is 0.0954. The van der Waals surface area contributed by atoms with Crippen LogP contribution < -0.4 is 10.2 Å². The average Bonchev–Trinajstić information content (AvgIpc) is 3.16. The Hall–Kier alpha value is -1.95. The van der Waals surface area contributed by atoms with Crippen LogP contribution in [-0.4, -0.2) is 29.0 Å². The molecule has 0 aromatic carbocycles. The van der Waals surface area contributed by atoms with Gasteiger partial charge in [0, 0.05) is 25.8 Å². The Morgan fingerprint density at radius 1 is 1.38 bits per heavy atom. The molecule has 3 heterocycles. The third kappa shape index (κ3) is 3.21. The molecular formula is C15H18N4OS. The smallest absolute Gasteiger partial charge is 0.263 e. The molecule has 1 saturated heterocycles. The van der Waals surface area contributed by atoms with Gasteiger partial charge in [-0.15, -0.1) is 11.3 Å². The molecule has 1 N–H and O–H groups in total. The first kappa shape index (κ1) is 14.0. The van der Waals surface area contributed by atoms with Gasteiger partial charge in [-0.25, -0.2) is 9.97 Å². The van der Waals surface area contributed by atoms with Crippen molar-refractivity contribution in [1.29, 1.82) is 0 Å². The molecule has 0 spiro atoms. The molecule has 0 bridgehead atoms. The lowest BCUT2D eigenvalue weighted by atomic mass is 10.2. The van der Waals surface area contributed by atoms with Crippen molar-refractivity contribution in [3.63, 3.8) is 0 Å². The van der Waals surface area contributed by atoms with Gasteiger partial charge in [-0.3, -0.25) is 4.79 Å². The number of hydrogen-bond acceptors (Lipinski definition) is 5. The van der Waals surface area contributed by atoms with Gasteiger partial charge in [0.25, 0.3) is 5.91 Å². The third-order valence-corrected chi connectivity index (χ3v) is 4.57. The van der Waals surface area contributed by atoms with E-state index in [0.29, 0.717) is 11.4 Å². The topological polar surface area (TPSA) is 58.1 Å². The summed E-state index contributed by atoms with van der Waals surface area (Å²) in [6.07, 6.45) is 4.27. The summed E-state index contributed by atoms with van der Waals surface area (Å²) in [5.41, 5.74) is 3.55. The van der Waals surface area contributed by atoms with E-state index >= 15 is 0 Å². The maximum absolute atomic E-state index is 12.1. The second kappa shape index (κ2) is 6.22. The molecule has 2 aromatic heterocycles. The summed E-state index contributed by atoms with van der Waals surface area (Å²) in [4.78, 5) is 23.6. The lowest BCUT2D eigenvalue weighted by Crippen LogP contribution is -2.23. The molecule has 21 heavy (non-hydrogen) atoms. The molecule has 1 amide bonds. The molecule has 1 aliphatic heterocycles. The van der Waals surface area contributed by atoms with Gasteiger partial charge in [0.2, 0.25) is 0 Å². The second-order valence-electron chi connectivity index (χ2n) is 5.17. The number of amides is 1. The van der Waals surface area contributed by atoms with Crippen LogP contribution in [0.4, 0.5) is 5.82 Å². The van der Waals surface area contributed by atoms with Crippen molar-refractivity contribution in [2.75, 3.05) is 18.0 Å². The molecule has 0 radical (unpaired) electrons. The summed E-state index contributed by atoms with van der Waals surface area (Å²) in [6.45, 7) is 4.51. The number of hydrogen-bond donors (Lipinski definition) is 1. The van der Waals surface area contributed by atoms with Gasteiger partial charge in [0.1, 0.15) is 10.7 Å². The average molecular weight is 302 g/mol. The van der Waals surface area contributed by atoms with E-state index in [0.717, 1.165) is 30.2 Å². The van der Waals surface area contributed by atoms with Crippen molar-refractivity contribution in [3.05, 3.63) is 40.0 Å². The van der Waals surface area contributed by atoms with E-state index in [-0.39, 0.29) is 5.91 Å². The van der Waals surface area contributed by atoms with E-state index in [9.17, 15) is 4.79 Å². The van der Waals surface area contributed by atoms with E-state index in [1.54, 1.807) is 5.51 Å². The van der Waals surface area contributed by atoms with Crippen LogP contribution in [0.15, 0.2) is 23.8 Å². The molecule has 1 aliphatic rings. The molecule has 0 atom stereocenters. The quantitative estimate of drug-likeness (QED) is 0.942. The van der Waals surface area contributed by atoms with Crippen molar-refractivity contribution in [2.45, 2.75) is 26.3 Å². The Morgan fingerprint density at radius 2 is 2.19 bits per heavy atom. The van der Waals surface area contributed by atoms with Gasteiger partial charge in [-0.2, -0.15) is 0 Å². The molecule has 3 rings (SSSR count). The van der Waals surface area contributed by atoms with Crippen LogP contribution in [0.3, 0.4) is 0 Å². The van der Waals surface area contributed by atoms with Crippen molar-refractivity contribution < 1.29 is 4.79 Å². The fourth-order valence-electron chi connectivity index (χ4n) is 2.47. The largest absolute Gasteiger partial charge is 0.357 e. The van der Waals surface area contributed by atoms with Crippen molar-refractivity contribution in [1.82, 2.24) is 15.3 Å². The number of pyridine rings is 1. The maximum atomic E-state index is 12.1. The predicted octanol–water partition coefficient (Wildman–Crippen LogP) is 2.38. The van der Waals surface area contributed by atoms with E-state index in [1.807, 2.05) is 19.2 Å². The van der Waals surface area contributed by atoms with Crippen LogP contribution in [0.25, 0.3) is 0 Å². The molecule has 5 nitrogen and oxygen atoms in total. The fraction of sp³-hybridized carbons (Fsp3) is 0.400. The highest BCUT2D eigenvalue weighted by Crippen LogP contribution is 2.18. The number of aryl methyl sites for hydroxylation is 1. The van der Waals surface area contributed by atoms with Crippen LogP contribution >= 0.6 is 11.3 Å². The highest BCUT2D eigenvalue weighted by atomic mass is 32.1. The summed E-state index contributed by atoms with van der Waals surface area (Å²) < 4.78 is 0. The predicted molar refractivity (Wildman–Crippen MR) is 83.7 cm³/mol. The molecule has 0 unspecified atom stereocenters. The van der Waals surface area contributed by atoms with Gasteiger partial charge in [-0.1, -0.05) is 0 Å². The Bertz CT molecular complexity index is 634. The van der Waals surface area contributed by atoms with Crippen LogP contribution in [-0.2, 0) is 6.54 Å². The summed E-state index contributed by atoms with van der Waals surface area (Å²) in [6, 6.07) is 4.00. The molecule has 0 aliphatic carbocycles. The first-order valence-corrected chi connectivity index (χ1v) is 8.00. The zero-order valence-corrected chi connectivity index (χ0v) is 12.8. The number of anilines is 1. The lowest BCUT2D eigenvalue weighted by Gasteiger charge is -2.16. The fourth-order valence-corrected chi connectivity index (χ4v) is 3.19. The first-order chi connectivity index (χ1) is 10.2. The van der Waals surface area contributed by atoms with E-state index in [2.05, 4.69) is 26.3 Å². The Morgan fingerprint density at radius 3 is 2.90 bits per heavy atom. The Kier molecular flexibility index (Phi) is 4.15. The molecule has 1 fully saturated rings. The standard InChI is InChI=1S/C15H18N4OS/c1-11-14(21-10-18-11)15(20)17-9-12-4-5-16-13(8-12)19-6-2-3-7-19/h4-5,8,10H,2-3,6-7,9H2,1H3,(H,17,20). The normalized spacial score (nSPS) is 14.4.